The van der Waals surface area contributed by atoms with Crippen LogP contribution in [-0.2, 0) is 5.88 Å². The molecule has 1 aliphatic heterocycles. The van der Waals surface area contributed by atoms with Crippen LogP contribution in [0.4, 0.5) is 0 Å². The molecule has 3 rings (SSSR count). The fourth-order valence-electron chi connectivity index (χ4n) is 2.35. The highest BCUT2D eigenvalue weighted by atomic mass is 79.9. The van der Waals surface area contributed by atoms with E-state index in [9.17, 15) is 0 Å². The zero-order valence-corrected chi connectivity index (χ0v) is 14.0. The Kier molecular flexibility index (Phi) is 4.59. The van der Waals surface area contributed by atoms with Gasteiger partial charge in [0.2, 0.25) is 0 Å². The van der Waals surface area contributed by atoms with Crippen molar-refractivity contribution in [2.75, 3.05) is 12.4 Å². The quantitative estimate of drug-likeness (QED) is 0.662. The minimum Gasteiger partial charge on any atom is -0.493 e. The van der Waals surface area contributed by atoms with Crippen LogP contribution in [0.15, 0.2) is 51.8 Å². The van der Waals surface area contributed by atoms with Gasteiger partial charge in [-0.25, -0.2) is 0 Å². The van der Waals surface area contributed by atoms with Gasteiger partial charge in [-0.1, -0.05) is 34.1 Å². The van der Waals surface area contributed by atoms with Crippen LogP contribution in [0.5, 0.6) is 5.75 Å². The summed E-state index contributed by atoms with van der Waals surface area (Å²) in [6.07, 6.45) is 0. The molecule has 0 saturated carbocycles. The number of benzene rings is 2. The second-order valence-corrected chi connectivity index (χ2v) is 6.99. The summed E-state index contributed by atoms with van der Waals surface area (Å²) in [5.41, 5.74) is 2.43. The lowest BCUT2D eigenvalue weighted by Crippen LogP contribution is -2.10. The van der Waals surface area contributed by atoms with E-state index in [1.165, 1.54) is 10.5 Å². The van der Waals surface area contributed by atoms with Gasteiger partial charge in [0.1, 0.15) is 5.75 Å². The summed E-state index contributed by atoms with van der Waals surface area (Å²) >= 11 is 11.3. The Morgan fingerprint density at radius 1 is 1.25 bits per heavy atom. The van der Waals surface area contributed by atoms with Crippen molar-refractivity contribution in [1.82, 2.24) is 0 Å². The van der Waals surface area contributed by atoms with Crippen LogP contribution in [0.25, 0.3) is 0 Å². The van der Waals surface area contributed by atoms with Crippen molar-refractivity contribution in [3.8, 4) is 5.75 Å². The SMILES string of the molecule is ClCc1cc(Br)ccc1OCC1CSc2ccccc21. The van der Waals surface area contributed by atoms with Gasteiger partial charge in [0.05, 0.1) is 12.5 Å². The predicted octanol–water partition coefficient (Wildman–Crippen LogP) is 5.46. The normalized spacial score (nSPS) is 17.0. The molecule has 1 aliphatic rings. The smallest absolute Gasteiger partial charge is 0.123 e. The molecular weight excluding hydrogens is 356 g/mol. The molecule has 0 aliphatic carbocycles. The Balaban J connectivity index is 1.72. The fourth-order valence-corrected chi connectivity index (χ4v) is 4.20. The van der Waals surface area contributed by atoms with Crippen molar-refractivity contribution in [3.05, 3.63) is 58.1 Å². The fraction of sp³-hybridized carbons (Fsp3) is 0.250. The van der Waals surface area contributed by atoms with Gasteiger partial charge < -0.3 is 4.74 Å². The van der Waals surface area contributed by atoms with Gasteiger partial charge in [-0.05, 0) is 29.8 Å². The van der Waals surface area contributed by atoms with Gasteiger partial charge in [-0.2, -0.15) is 0 Å². The lowest BCUT2D eigenvalue weighted by atomic mass is 10.0. The van der Waals surface area contributed by atoms with Crippen molar-refractivity contribution in [2.45, 2.75) is 16.7 Å². The van der Waals surface area contributed by atoms with E-state index in [4.69, 9.17) is 16.3 Å². The molecule has 0 spiro atoms. The minimum absolute atomic E-state index is 0.461. The number of thioether (sulfide) groups is 1. The third-order valence-corrected chi connectivity index (χ3v) is 5.44. The van der Waals surface area contributed by atoms with Crippen LogP contribution in [0, 0.1) is 0 Å². The number of hydrogen-bond donors (Lipinski definition) is 0. The van der Waals surface area contributed by atoms with Gasteiger partial charge in [0, 0.05) is 26.6 Å². The first-order chi connectivity index (χ1) is 9.78. The van der Waals surface area contributed by atoms with Gasteiger partial charge in [-0.3, -0.25) is 0 Å². The molecule has 2 aromatic rings. The molecule has 0 amide bonds. The third-order valence-electron chi connectivity index (χ3n) is 3.41. The molecule has 4 heteroatoms. The Morgan fingerprint density at radius 2 is 2.10 bits per heavy atom. The molecule has 1 heterocycles. The Bertz CT molecular complexity index is 617. The van der Waals surface area contributed by atoms with Crippen molar-refractivity contribution in [2.24, 2.45) is 0 Å². The summed E-state index contributed by atoms with van der Waals surface area (Å²) < 4.78 is 7.04. The molecule has 0 aromatic heterocycles. The van der Waals surface area contributed by atoms with Crippen LogP contribution in [0.2, 0.25) is 0 Å². The van der Waals surface area contributed by atoms with Crippen molar-refractivity contribution in [3.63, 3.8) is 0 Å². The van der Waals surface area contributed by atoms with Crippen molar-refractivity contribution in [1.29, 1.82) is 0 Å². The van der Waals surface area contributed by atoms with E-state index in [0.29, 0.717) is 18.4 Å². The maximum Gasteiger partial charge on any atom is 0.123 e. The molecule has 0 radical (unpaired) electrons. The molecule has 0 bridgehead atoms. The molecule has 1 unspecified atom stereocenters. The van der Waals surface area contributed by atoms with E-state index in [1.807, 2.05) is 30.0 Å². The number of fused-ring (bicyclic) bond motifs is 1. The molecule has 1 nitrogen and oxygen atoms in total. The van der Waals surface area contributed by atoms with Gasteiger partial charge in [0.25, 0.3) is 0 Å². The average Bonchev–Trinajstić information content (AvgIpc) is 2.89. The highest BCUT2D eigenvalue weighted by Gasteiger charge is 2.23. The topological polar surface area (TPSA) is 9.23 Å². The van der Waals surface area contributed by atoms with Gasteiger partial charge >= 0.3 is 0 Å². The van der Waals surface area contributed by atoms with Crippen LogP contribution in [-0.4, -0.2) is 12.4 Å². The third kappa shape index (κ3) is 3.00. The van der Waals surface area contributed by atoms with Crippen LogP contribution >= 0.6 is 39.3 Å². The highest BCUT2D eigenvalue weighted by molar-refractivity contribution is 9.10. The Hall–Kier alpha value is -0.640. The molecular formula is C16H14BrClOS. The molecule has 0 saturated heterocycles. The second-order valence-electron chi connectivity index (χ2n) is 4.74. The van der Waals surface area contributed by atoms with Crippen molar-refractivity contribution < 1.29 is 4.74 Å². The van der Waals surface area contributed by atoms with Crippen LogP contribution in [0.1, 0.15) is 17.0 Å². The molecule has 0 N–H and O–H groups in total. The molecule has 20 heavy (non-hydrogen) atoms. The summed E-state index contributed by atoms with van der Waals surface area (Å²) in [5, 5.41) is 0. The maximum atomic E-state index is 6.01. The van der Waals surface area contributed by atoms with E-state index in [2.05, 4.69) is 40.2 Å². The first kappa shape index (κ1) is 14.3. The maximum absolute atomic E-state index is 6.01. The van der Waals surface area contributed by atoms with Crippen LogP contribution < -0.4 is 4.74 Å². The molecule has 1 atom stereocenters. The molecule has 104 valence electrons. The standard InChI is InChI=1S/C16H14BrClOS/c17-13-5-6-15(11(7-13)8-18)19-9-12-10-20-16-4-2-1-3-14(12)16/h1-7,12H,8-10H2. The lowest BCUT2D eigenvalue weighted by molar-refractivity contribution is 0.296. The van der Waals surface area contributed by atoms with Gasteiger partial charge in [0.15, 0.2) is 0 Å². The molecule has 2 aromatic carbocycles. The Morgan fingerprint density at radius 3 is 2.95 bits per heavy atom. The Labute approximate surface area is 136 Å². The summed E-state index contributed by atoms with van der Waals surface area (Å²) in [6, 6.07) is 14.6. The predicted molar refractivity (Wildman–Crippen MR) is 89.1 cm³/mol. The van der Waals surface area contributed by atoms with Gasteiger partial charge in [-0.15, -0.1) is 23.4 Å². The van der Waals surface area contributed by atoms with E-state index >= 15 is 0 Å². The van der Waals surface area contributed by atoms with E-state index in [1.54, 1.807) is 0 Å². The van der Waals surface area contributed by atoms with Crippen molar-refractivity contribution >= 4 is 39.3 Å². The highest BCUT2D eigenvalue weighted by Crippen LogP contribution is 2.39. The zero-order valence-electron chi connectivity index (χ0n) is 10.8. The minimum atomic E-state index is 0.461. The van der Waals surface area contributed by atoms with E-state index < -0.39 is 0 Å². The summed E-state index contributed by atoms with van der Waals surface area (Å²) in [7, 11) is 0. The molecule has 0 fully saturated rings. The second kappa shape index (κ2) is 6.42. The summed E-state index contributed by atoms with van der Waals surface area (Å²) in [5.74, 6) is 2.90. The lowest BCUT2D eigenvalue weighted by Gasteiger charge is -2.15. The monoisotopic (exact) mass is 368 g/mol. The zero-order chi connectivity index (χ0) is 13.9. The number of ether oxygens (including phenoxy) is 1. The van der Waals surface area contributed by atoms with Crippen LogP contribution in [0.3, 0.4) is 0 Å². The number of hydrogen-bond acceptors (Lipinski definition) is 2. The summed E-state index contributed by atoms with van der Waals surface area (Å²) in [6.45, 7) is 0.704. The number of rotatable bonds is 4. The number of halogens is 2. The van der Waals surface area contributed by atoms with E-state index in [-0.39, 0.29) is 0 Å². The largest absolute Gasteiger partial charge is 0.493 e. The first-order valence-corrected chi connectivity index (χ1v) is 8.78. The first-order valence-electron chi connectivity index (χ1n) is 6.47. The van der Waals surface area contributed by atoms with E-state index in [0.717, 1.165) is 21.5 Å². The average molecular weight is 370 g/mol. The summed E-state index contributed by atoms with van der Waals surface area (Å²) in [4.78, 5) is 1.38. The number of alkyl halides is 1.